The summed E-state index contributed by atoms with van der Waals surface area (Å²) in [5.74, 6) is 0. The predicted molar refractivity (Wildman–Crippen MR) is 72.0 cm³/mol. The molecule has 0 aliphatic carbocycles. The van der Waals surface area contributed by atoms with Gasteiger partial charge < -0.3 is 12.4 Å². The third kappa shape index (κ3) is 2.19. The van der Waals surface area contributed by atoms with Crippen molar-refractivity contribution in [3.8, 4) is 0 Å². The highest BCUT2D eigenvalue weighted by molar-refractivity contribution is 5.99. The Labute approximate surface area is 113 Å². The molecular formula is C16H12ClN. The molecule has 2 heteroatoms. The van der Waals surface area contributed by atoms with Crippen LogP contribution >= 0.6 is 0 Å². The van der Waals surface area contributed by atoms with Gasteiger partial charge in [0.15, 0.2) is 11.3 Å². The SMILES string of the molecule is Cc1ccccc1C1=Cc2ccccc2[C+]=N1.[Cl-]. The number of rotatable bonds is 1. The molecular weight excluding hydrogens is 242 g/mol. The Morgan fingerprint density at radius 2 is 1.67 bits per heavy atom. The molecule has 0 saturated carbocycles. The van der Waals surface area contributed by atoms with E-state index >= 15 is 0 Å². The van der Waals surface area contributed by atoms with Crippen molar-refractivity contribution in [1.82, 2.24) is 0 Å². The highest BCUT2D eigenvalue weighted by Crippen LogP contribution is 2.26. The average molecular weight is 254 g/mol. The van der Waals surface area contributed by atoms with Gasteiger partial charge >= 0.3 is 0 Å². The third-order valence-corrected chi connectivity index (χ3v) is 2.97. The third-order valence-electron chi connectivity index (χ3n) is 2.97. The number of benzene rings is 2. The highest BCUT2D eigenvalue weighted by atomic mass is 35.5. The second-order valence-corrected chi connectivity index (χ2v) is 4.16. The van der Waals surface area contributed by atoms with Crippen molar-refractivity contribution in [1.29, 1.82) is 0 Å². The van der Waals surface area contributed by atoms with Gasteiger partial charge in [-0.1, -0.05) is 23.2 Å². The van der Waals surface area contributed by atoms with Gasteiger partial charge in [-0.3, -0.25) is 0 Å². The van der Waals surface area contributed by atoms with Crippen LogP contribution in [0, 0.1) is 6.92 Å². The number of halogens is 1. The van der Waals surface area contributed by atoms with Gasteiger partial charge in [0.25, 0.3) is 0 Å². The summed E-state index contributed by atoms with van der Waals surface area (Å²) in [7, 11) is 0. The van der Waals surface area contributed by atoms with Gasteiger partial charge in [-0.2, -0.15) is 0 Å². The van der Waals surface area contributed by atoms with E-state index in [0.29, 0.717) is 0 Å². The van der Waals surface area contributed by atoms with E-state index in [2.05, 4.69) is 42.4 Å². The van der Waals surface area contributed by atoms with Crippen molar-refractivity contribution in [2.45, 2.75) is 6.92 Å². The van der Waals surface area contributed by atoms with Gasteiger partial charge in [-0.05, 0) is 36.8 Å². The molecule has 0 amide bonds. The minimum atomic E-state index is 0. The van der Waals surface area contributed by atoms with E-state index in [0.717, 1.165) is 11.3 Å². The fourth-order valence-electron chi connectivity index (χ4n) is 2.02. The summed E-state index contributed by atoms with van der Waals surface area (Å²) >= 11 is 0. The Hall–Kier alpha value is -1.95. The normalized spacial score (nSPS) is 11.9. The Balaban J connectivity index is 0.00000120. The molecule has 18 heavy (non-hydrogen) atoms. The zero-order valence-corrected chi connectivity index (χ0v) is 10.8. The maximum Gasteiger partial charge on any atom is 0.175 e. The van der Waals surface area contributed by atoms with Crippen molar-refractivity contribution in [2.24, 2.45) is 4.99 Å². The van der Waals surface area contributed by atoms with Crippen LogP contribution in [0.1, 0.15) is 22.3 Å². The van der Waals surface area contributed by atoms with Crippen molar-refractivity contribution in [3.05, 3.63) is 70.8 Å². The van der Waals surface area contributed by atoms with Crippen molar-refractivity contribution in [3.63, 3.8) is 0 Å². The summed E-state index contributed by atoms with van der Waals surface area (Å²) in [4.78, 5) is 4.41. The van der Waals surface area contributed by atoms with Crippen LogP contribution in [0.5, 0.6) is 0 Å². The number of hydrogen-bond acceptors (Lipinski definition) is 1. The van der Waals surface area contributed by atoms with Crippen molar-refractivity contribution >= 4 is 18.0 Å². The molecule has 2 aromatic carbocycles. The van der Waals surface area contributed by atoms with E-state index in [1.165, 1.54) is 16.7 Å². The van der Waals surface area contributed by atoms with E-state index < -0.39 is 0 Å². The number of hydrogen-bond donors (Lipinski definition) is 0. The molecule has 3 rings (SSSR count). The zero-order chi connectivity index (χ0) is 11.7. The van der Waals surface area contributed by atoms with Crippen LogP contribution in [-0.2, 0) is 0 Å². The van der Waals surface area contributed by atoms with Crippen LogP contribution in [0.15, 0.2) is 53.5 Å². The summed E-state index contributed by atoms with van der Waals surface area (Å²) in [6.07, 6.45) is 5.21. The van der Waals surface area contributed by atoms with E-state index in [4.69, 9.17) is 0 Å². The molecule has 0 radical (unpaired) electrons. The molecule has 0 aromatic heterocycles. The van der Waals surface area contributed by atoms with Crippen LogP contribution in [0.4, 0.5) is 0 Å². The quantitative estimate of drug-likeness (QED) is 0.667. The van der Waals surface area contributed by atoms with E-state index in [1.807, 2.05) is 30.3 Å². The topological polar surface area (TPSA) is 12.4 Å². The van der Waals surface area contributed by atoms with Gasteiger partial charge in [0.1, 0.15) is 6.21 Å². The van der Waals surface area contributed by atoms with Crippen LogP contribution in [0.3, 0.4) is 0 Å². The highest BCUT2D eigenvalue weighted by Gasteiger charge is 2.17. The fraction of sp³-hybridized carbons (Fsp3) is 0.0625. The standard InChI is InChI=1S/C16H12N.ClH/c1-12-6-2-5-9-15(12)16-10-13-7-3-4-8-14(13)11-17-16;/h2-10H,1H3;1H/q+1;/p-1. The van der Waals surface area contributed by atoms with Crippen LogP contribution < -0.4 is 12.4 Å². The smallest absolute Gasteiger partial charge is 0.175 e. The lowest BCUT2D eigenvalue weighted by Gasteiger charge is -2.04. The molecule has 1 heterocycles. The van der Waals surface area contributed by atoms with Gasteiger partial charge in [0.05, 0.1) is 11.6 Å². The Morgan fingerprint density at radius 1 is 0.944 bits per heavy atom. The van der Waals surface area contributed by atoms with Crippen molar-refractivity contribution in [2.75, 3.05) is 0 Å². The zero-order valence-electron chi connectivity index (χ0n) is 10.0. The van der Waals surface area contributed by atoms with Gasteiger partial charge in [-0.25, -0.2) is 0 Å². The number of fused-ring (bicyclic) bond motifs is 1. The molecule has 0 spiro atoms. The van der Waals surface area contributed by atoms with Crippen LogP contribution in [0.2, 0.25) is 0 Å². The first-order valence-electron chi connectivity index (χ1n) is 5.68. The first-order valence-corrected chi connectivity index (χ1v) is 5.68. The van der Waals surface area contributed by atoms with E-state index in [-0.39, 0.29) is 12.4 Å². The number of aliphatic imine (C=N–C) groups is 1. The van der Waals surface area contributed by atoms with Gasteiger partial charge in [0, 0.05) is 11.6 Å². The first kappa shape index (κ1) is 12.5. The molecule has 1 aliphatic rings. The van der Waals surface area contributed by atoms with Gasteiger partial charge in [0.2, 0.25) is 0 Å². The molecule has 1 nitrogen and oxygen atoms in total. The molecule has 1 aliphatic heterocycles. The molecule has 0 saturated heterocycles. The summed E-state index contributed by atoms with van der Waals surface area (Å²) < 4.78 is 0. The number of nitrogens with zero attached hydrogens (tertiary/aromatic N) is 1. The van der Waals surface area contributed by atoms with Gasteiger partial charge in [-0.15, -0.1) is 0 Å². The molecule has 0 unspecified atom stereocenters. The van der Waals surface area contributed by atoms with E-state index in [9.17, 15) is 0 Å². The lowest BCUT2D eigenvalue weighted by Crippen LogP contribution is -3.00. The largest absolute Gasteiger partial charge is 1.00 e. The maximum atomic E-state index is 4.41. The van der Waals surface area contributed by atoms with E-state index in [1.54, 1.807) is 0 Å². The summed E-state index contributed by atoms with van der Waals surface area (Å²) in [5, 5.41) is 0. The second-order valence-electron chi connectivity index (χ2n) is 4.16. The first-order chi connectivity index (χ1) is 8.34. The summed E-state index contributed by atoms with van der Waals surface area (Å²) in [5.41, 5.74) is 5.64. The summed E-state index contributed by atoms with van der Waals surface area (Å²) in [6, 6.07) is 16.5. The lowest BCUT2D eigenvalue weighted by atomic mass is 10.00. The summed E-state index contributed by atoms with van der Waals surface area (Å²) in [6.45, 7) is 2.10. The molecule has 0 atom stereocenters. The van der Waals surface area contributed by atoms with Crippen molar-refractivity contribution < 1.29 is 12.4 Å². The Bertz CT molecular complexity index is 626. The lowest BCUT2D eigenvalue weighted by molar-refractivity contribution is -0.00000333. The fourth-order valence-corrected chi connectivity index (χ4v) is 2.02. The Morgan fingerprint density at radius 3 is 2.50 bits per heavy atom. The Kier molecular flexibility index (Phi) is 3.57. The number of aryl methyl sites for hydroxylation is 1. The minimum Gasteiger partial charge on any atom is -1.00 e. The molecule has 2 aromatic rings. The second kappa shape index (κ2) is 5.14. The predicted octanol–water partition coefficient (Wildman–Crippen LogP) is 0.807. The monoisotopic (exact) mass is 253 g/mol. The molecule has 0 N–H and O–H groups in total. The molecule has 0 bridgehead atoms. The van der Waals surface area contributed by atoms with Crippen LogP contribution in [-0.4, -0.2) is 6.21 Å². The molecule has 88 valence electrons. The molecule has 0 fully saturated rings. The van der Waals surface area contributed by atoms with Crippen LogP contribution in [0.25, 0.3) is 11.8 Å². The maximum absolute atomic E-state index is 4.41. The average Bonchev–Trinajstić information content (AvgIpc) is 2.39. The minimum absolute atomic E-state index is 0.